The van der Waals surface area contributed by atoms with Crippen LogP contribution >= 0.6 is 0 Å². The van der Waals surface area contributed by atoms with Crippen molar-refractivity contribution >= 4 is 11.6 Å². The molecule has 1 atom stereocenters. The van der Waals surface area contributed by atoms with Gasteiger partial charge in [0.2, 0.25) is 0 Å². The first-order valence-corrected chi connectivity index (χ1v) is 7.09. The second kappa shape index (κ2) is 5.71. The quantitative estimate of drug-likeness (QED) is 0.889. The van der Waals surface area contributed by atoms with E-state index in [9.17, 15) is 4.79 Å². The zero-order chi connectivity index (χ0) is 13.9. The van der Waals surface area contributed by atoms with Crippen LogP contribution in [-0.2, 0) is 9.53 Å². The van der Waals surface area contributed by atoms with E-state index in [0.29, 0.717) is 6.54 Å². The Morgan fingerprint density at radius 3 is 2.85 bits per heavy atom. The van der Waals surface area contributed by atoms with Gasteiger partial charge in [-0.2, -0.15) is 0 Å². The van der Waals surface area contributed by atoms with Crippen LogP contribution in [0.2, 0.25) is 0 Å². The van der Waals surface area contributed by atoms with Crippen LogP contribution in [0.5, 0.6) is 5.75 Å². The van der Waals surface area contributed by atoms with Gasteiger partial charge in [-0.1, -0.05) is 12.1 Å². The van der Waals surface area contributed by atoms with Gasteiger partial charge in [-0.25, -0.2) is 0 Å². The van der Waals surface area contributed by atoms with Crippen LogP contribution in [-0.4, -0.2) is 49.8 Å². The van der Waals surface area contributed by atoms with Crippen LogP contribution in [0.1, 0.15) is 12.8 Å². The molecular formula is C15H20N2O3. The molecule has 20 heavy (non-hydrogen) atoms. The minimum Gasteiger partial charge on any atom is -0.477 e. The number of para-hydroxylation sites is 2. The van der Waals surface area contributed by atoms with Gasteiger partial charge in [0.1, 0.15) is 5.75 Å². The number of rotatable bonds is 2. The molecule has 1 unspecified atom stereocenters. The van der Waals surface area contributed by atoms with E-state index in [1.165, 1.54) is 0 Å². The molecule has 0 aromatic heterocycles. The van der Waals surface area contributed by atoms with Crippen molar-refractivity contribution in [2.45, 2.75) is 25.0 Å². The molecule has 3 rings (SSSR count). The standard InChI is InChI=1S/C15H20N2O3/c1-17(11-6-8-19-9-7-11)15(18)14-10-16-12-4-2-3-5-13(12)20-14/h2-5,11,14,16H,6-10H2,1H3. The number of likely N-dealkylation sites (N-methyl/N-ethyl adjacent to an activating group) is 1. The van der Waals surface area contributed by atoms with Gasteiger partial charge in [-0.15, -0.1) is 0 Å². The van der Waals surface area contributed by atoms with E-state index in [2.05, 4.69) is 5.32 Å². The Kier molecular flexibility index (Phi) is 3.78. The number of nitrogens with one attached hydrogen (secondary N) is 1. The molecule has 1 fully saturated rings. The maximum absolute atomic E-state index is 12.5. The van der Waals surface area contributed by atoms with E-state index in [1.807, 2.05) is 36.2 Å². The van der Waals surface area contributed by atoms with Gasteiger partial charge in [0.05, 0.1) is 12.2 Å². The first-order valence-electron chi connectivity index (χ1n) is 7.09. The number of fused-ring (bicyclic) bond motifs is 1. The van der Waals surface area contributed by atoms with Gasteiger partial charge in [0, 0.05) is 26.3 Å². The van der Waals surface area contributed by atoms with Crippen molar-refractivity contribution in [3.63, 3.8) is 0 Å². The Balaban J connectivity index is 1.66. The average Bonchev–Trinajstić information content (AvgIpc) is 2.54. The van der Waals surface area contributed by atoms with Crippen molar-refractivity contribution in [2.24, 2.45) is 0 Å². The predicted molar refractivity (Wildman–Crippen MR) is 76.0 cm³/mol. The summed E-state index contributed by atoms with van der Waals surface area (Å²) in [6, 6.07) is 7.96. The van der Waals surface area contributed by atoms with E-state index in [0.717, 1.165) is 37.5 Å². The number of hydrogen-bond acceptors (Lipinski definition) is 4. The molecule has 0 saturated carbocycles. The van der Waals surface area contributed by atoms with E-state index in [1.54, 1.807) is 0 Å². The summed E-state index contributed by atoms with van der Waals surface area (Å²) in [5, 5.41) is 3.25. The fourth-order valence-electron chi connectivity index (χ4n) is 2.73. The monoisotopic (exact) mass is 276 g/mol. The van der Waals surface area contributed by atoms with Crippen LogP contribution in [0.15, 0.2) is 24.3 Å². The summed E-state index contributed by atoms with van der Waals surface area (Å²) in [4.78, 5) is 14.3. The minimum absolute atomic E-state index is 0.0407. The van der Waals surface area contributed by atoms with Crippen molar-refractivity contribution in [3.05, 3.63) is 24.3 Å². The summed E-state index contributed by atoms with van der Waals surface area (Å²) in [5.74, 6) is 0.788. The van der Waals surface area contributed by atoms with Crippen molar-refractivity contribution in [2.75, 3.05) is 32.1 Å². The highest BCUT2D eigenvalue weighted by Crippen LogP contribution is 2.29. The van der Waals surface area contributed by atoms with E-state index < -0.39 is 6.10 Å². The van der Waals surface area contributed by atoms with Gasteiger partial charge in [0.25, 0.3) is 5.91 Å². The molecule has 108 valence electrons. The summed E-state index contributed by atoms with van der Waals surface area (Å²) in [6.45, 7) is 1.98. The number of carbonyl (C=O) groups is 1. The molecule has 2 aliphatic rings. The van der Waals surface area contributed by atoms with Gasteiger partial charge in [0.15, 0.2) is 6.10 Å². The highest BCUT2D eigenvalue weighted by molar-refractivity contribution is 5.83. The lowest BCUT2D eigenvalue weighted by Gasteiger charge is -2.35. The molecule has 1 aromatic rings. The average molecular weight is 276 g/mol. The molecule has 5 heteroatoms. The Labute approximate surface area is 118 Å². The molecule has 2 heterocycles. The zero-order valence-electron chi connectivity index (χ0n) is 11.7. The van der Waals surface area contributed by atoms with Gasteiger partial charge >= 0.3 is 0 Å². The molecule has 0 aliphatic carbocycles. The minimum atomic E-state index is -0.447. The van der Waals surface area contributed by atoms with Crippen LogP contribution in [0, 0.1) is 0 Å². The van der Waals surface area contributed by atoms with Gasteiger partial charge in [-0.05, 0) is 25.0 Å². The molecule has 1 N–H and O–H groups in total. The molecule has 2 aliphatic heterocycles. The first kappa shape index (κ1) is 13.2. The number of benzene rings is 1. The normalized spacial score (nSPS) is 22.4. The molecule has 1 amide bonds. The van der Waals surface area contributed by atoms with Gasteiger partial charge in [-0.3, -0.25) is 4.79 Å². The van der Waals surface area contributed by atoms with Crippen LogP contribution < -0.4 is 10.1 Å². The van der Waals surface area contributed by atoms with Crippen molar-refractivity contribution in [1.82, 2.24) is 4.90 Å². The largest absolute Gasteiger partial charge is 0.477 e. The Morgan fingerprint density at radius 2 is 2.05 bits per heavy atom. The first-order chi connectivity index (χ1) is 9.75. The third-order valence-corrected chi connectivity index (χ3v) is 4.00. The molecule has 1 saturated heterocycles. The number of carbonyl (C=O) groups excluding carboxylic acids is 1. The molecule has 0 radical (unpaired) electrons. The highest BCUT2D eigenvalue weighted by Gasteiger charge is 2.31. The fraction of sp³-hybridized carbons (Fsp3) is 0.533. The summed E-state index contributed by atoms with van der Waals surface area (Å²) in [7, 11) is 1.86. The van der Waals surface area contributed by atoms with Crippen LogP contribution in [0.3, 0.4) is 0 Å². The molecule has 1 aromatic carbocycles. The number of anilines is 1. The van der Waals surface area contributed by atoms with Gasteiger partial charge < -0.3 is 19.7 Å². The summed E-state index contributed by atoms with van der Waals surface area (Å²) < 4.78 is 11.2. The molecule has 0 bridgehead atoms. The van der Waals surface area contributed by atoms with Crippen molar-refractivity contribution < 1.29 is 14.3 Å². The van der Waals surface area contributed by atoms with E-state index >= 15 is 0 Å². The summed E-state index contributed by atoms with van der Waals surface area (Å²) in [5.41, 5.74) is 0.949. The number of hydrogen-bond donors (Lipinski definition) is 1. The van der Waals surface area contributed by atoms with E-state index in [4.69, 9.17) is 9.47 Å². The SMILES string of the molecule is CN(C(=O)C1CNc2ccccc2O1)C1CCOCC1. The van der Waals surface area contributed by atoms with Crippen molar-refractivity contribution in [1.29, 1.82) is 0 Å². The van der Waals surface area contributed by atoms with Crippen LogP contribution in [0.25, 0.3) is 0 Å². The molecule has 5 nitrogen and oxygen atoms in total. The lowest BCUT2D eigenvalue weighted by atomic mass is 10.1. The summed E-state index contributed by atoms with van der Waals surface area (Å²) in [6.07, 6.45) is 1.36. The molecule has 0 spiro atoms. The third kappa shape index (κ3) is 2.58. The van der Waals surface area contributed by atoms with E-state index in [-0.39, 0.29) is 11.9 Å². The second-order valence-electron chi connectivity index (χ2n) is 5.28. The number of ether oxygens (including phenoxy) is 2. The lowest BCUT2D eigenvalue weighted by molar-refractivity contribution is -0.140. The highest BCUT2D eigenvalue weighted by atomic mass is 16.5. The molecular weight excluding hydrogens is 256 g/mol. The lowest BCUT2D eigenvalue weighted by Crippen LogP contribution is -2.50. The third-order valence-electron chi connectivity index (χ3n) is 4.00. The van der Waals surface area contributed by atoms with Crippen molar-refractivity contribution in [3.8, 4) is 5.75 Å². The van der Waals surface area contributed by atoms with Crippen LogP contribution in [0.4, 0.5) is 5.69 Å². The zero-order valence-corrected chi connectivity index (χ0v) is 11.7. The number of amides is 1. The summed E-state index contributed by atoms with van der Waals surface area (Å²) >= 11 is 0. The maximum atomic E-state index is 12.5. The maximum Gasteiger partial charge on any atom is 0.265 e. The smallest absolute Gasteiger partial charge is 0.265 e. The topological polar surface area (TPSA) is 50.8 Å². The Bertz CT molecular complexity index is 486. The number of nitrogens with zero attached hydrogens (tertiary/aromatic N) is 1. The fourth-order valence-corrected chi connectivity index (χ4v) is 2.73. The Morgan fingerprint density at radius 1 is 1.30 bits per heavy atom. The Hall–Kier alpha value is -1.75. The second-order valence-corrected chi connectivity index (χ2v) is 5.28. The predicted octanol–water partition coefficient (Wildman–Crippen LogP) is 1.50.